The zero-order valence-corrected chi connectivity index (χ0v) is 17.0. The zero-order chi connectivity index (χ0) is 19.2. The minimum atomic E-state index is 0.0341. The molecule has 0 saturated heterocycles. The number of rotatable bonds is 1. The van der Waals surface area contributed by atoms with E-state index in [1.807, 2.05) is 11.8 Å². The molecule has 2 heteroatoms. The lowest BCUT2D eigenvalue weighted by Crippen LogP contribution is -2.32. The first-order valence-electron chi connectivity index (χ1n) is 10.2. The van der Waals surface area contributed by atoms with E-state index in [0.717, 1.165) is 6.42 Å². The summed E-state index contributed by atoms with van der Waals surface area (Å²) < 4.78 is 2.51. The smallest absolute Gasteiger partial charge is 0.0543 e. The number of fused-ring (bicyclic) bond motifs is 3. The van der Waals surface area contributed by atoms with Crippen LogP contribution >= 0.6 is 11.8 Å². The van der Waals surface area contributed by atoms with Crippen LogP contribution in [0.2, 0.25) is 0 Å². The average molecular weight is 390 g/mol. The Morgan fingerprint density at radius 3 is 2.52 bits per heavy atom. The van der Waals surface area contributed by atoms with Crippen LogP contribution in [-0.4, -0.2) is 4.57 Å². The van der Waals surface area contributed by atoms with E-state index in [0.29, 0.717) is 0 Å². The lowest BCUT2D eigenvalue weighted by molar-refractivity contribution is 0.599. The second-order valence-corrected chi connectivity index (χ2v) is 9.47. The highest BCUT2D eigenvalue weighted by molar-refractivity contribution is 8.08. The molecule has 1 nitrogen and oxygen atoms in total. The Hall–Kier alpha value is -2.97. The van der Waals surface area contributed by atoms with Crippen molar-refractivity contribution in [3.63, 3.8) is 0 Å². The minimum absolute atomic E-state index is 0.0341. The van der Waals surface area contributed by atoms with Gasteiger partial charge in [-0.25, -0.2) is 0 Å². The second kappa shape index (κ2) is 5.34. The maximum Gasteiger partial charge on any atom is 0.0543 e. The maximum absolute atomic E-state index is 2.51. The summed E-state index contributed by atoms with van der Waals surface area (Å²) in [6.07, 6.45) is 1.03. The van der Waals surface area contributed by atoms with Crippen LogP contribution in [0, 0.1) is 0 Å². The van der Waals surface area contributed by atoms with Crippen LogP contribution < -0.4 is 5.22 Å². The van der Waals surface area contributed by atoms with Crippen LogP contribution in [0.15, 0.2) is 89.8 Å². The van der Waals surface area contributed by atoms with Crippen LogP contribution in [0.1, 0.15) is 18.2 Å². The molecule has 0 fully saturated rings. The number of thioether (sulfide) groups is 1. The molecule has 1 aromatic heterocycles. The van der Waals surface area contributed by atoms with Crippen molar-refractivity contribution in [2.75, 3.05) is 0 Å². The van der Waals surface area contributed by atoms with E-state index in [1.165, 1.54) is 53.6 Å². The molecule has 29 heavy (non-hydrogen) atoms. The summed E-state index contributed by atoms with van der Waals surface area (Å²) in [7, 11) is 0. The highest BCUT2D eigenvalue weighted by atomic mass is 32.2. The van der Waals surface area contributed by atoms with E-state index >= 15 is 0 Å². The lowest BCUT2D eigenvalue weighted by Gasteiger charge is -2.31. The molecule has 1 atom stereocenters. The first kappa shape index (κ1) is 15.9. The molecular weight excluding hydrogens is 370 g/mol. The van der Waals surface area contributed by atoms with Gasteiger partial charge in [-0.2, -0.15) is 0 Å². The van der Waals surface area contributed by atoms with Crippen LogP contribution in [-0.2, 0) is 11.8 Å². The number of aromatic nitrogens is 1. The van der Waals surface area contributed by atoms with E-state index < -0.39 is 0 Å². The summed E-state index contributed by atoms with van der Waals surface area (Å²) in [4.78, 5) is 2.93. The molecule has 0 bridgehead atoms. The highest BCUT2D eigenvalue weighted by Crippen LogP contribution is 2.57. The van der Waals surface area contributed by atoms with Crippen molar-refractivity contribution < 1.29 is 0 Å². The normalized spacial score (nSPS) is 19.7. The zero-order valence-electron chi connectivity index (χ0n) is 16.1. The lowest BCUT2D eigenvalue weighted by atomic mass is 9.74. The van der Waals surface area contributed by atoms with Crippen molar-refractivity contribution in [1.29, 1.82) is 0 Å². The van der Waals surface area contributed by atoms with Crippen LogP contribution in [0.5, 0.6) is 0 Å². The molecule has 0 radical (unpaired) electrons. The molecule has 0 amide bonds. The summed E-state index contributed by atoms with van der Waals surface area (Å²) in [5.74, 6) is 0. The number of hydrogen-bond donors (Lipinski definition) is 0. The van der Waals surface area contributed by atoms with Gasteiger partial charge in [-0.15, -0.1) is 0 Å². The molecule has 2 heterocycles. The molecular formula is C27H19NS. The molecule has 4 aromatic carbocycles. The molecule has 1 unspecified atom stereocenters. The van der Waals surface area contributed by atoms with Gasteiger partial charge < -0.3 is 4.57 Å². The van der Waals surface area contributed by atoms with E-state index in [1.54, 1.807) is 0 Å². The van der Waals surface area contributed by atoms with Crippen molar-refractivity contribution in [1.82, 2.24) is 4.57 Å². The predicted molar refractivity (Wildman–Crippen MR) is 123 cm³/mol. The predicted octanol–water partition coefficient (Wildman–Crippen LogP) is 6.23. The summed E-state index contributed by atoms with van der Waals surface area (Å²) in [6, 6.07) is 31.2. The van der Waals surface area contributed by atoms with Gasteiger partial charge in [0.05, 0.1) is 5.52 Å². The minimum Gasteiger partial charge on any atom is -0.313 e. The average Bonchev–Trinajstić information content (AvgIpc) is 3.25. The topological polar surface area (TPSA) is 4.93 Å². The first-order chi connectivity index (χ1) is 14.3. The summed E-state index contributed by atoms with van der Waals surface area (Å²) in [6.45, 7) is 2.44. The summed E-state index contributed by atoms with van der Waals surface area (Å²) >= 11 is 1.98. The van der Waals surface area contributed by atoms with Crippen molar-refractivity contribution in [3.05, 3.63) is 101 Å². The van der Waals surface area contributed by atoms with Crippen molar-refractivity contribution >= 4 is 38.3 Å². The molecule has 0 N–H and O–H groups in total. The fourth-order valence-electron chi connectivity index (χ4n) is 5.55. The third-order valence-electron chi connectivity index (χ3n) is 6.80. The maximum atomic E-state index is 2.51. The van der Waals surface area contributed by atoms with E-state index in [2.05, 4.69) is 96.4 Å². The number of hydrogen-bond acceptors (Lipinski definition) is 1. The Bertz CT molecular complexity index is 1510. The molecule has 0 spiro atoms. The quantitative estimate of drug-likeness (QED) is 0.329. The monoisotopic (exact) mass is 389 g/mol. The van der Waals surface area contributed by atoms with Gasteiger partial charge in [0.2, 0.25) is 0 Å². The Morgan fingerprint density at radius 2 is 1.62 bits per heavy atom. The molecule has 1 aliphatic heterocycles. The Balaban J connectivity index is 1.70. The van der Waals surface area contributed by atoms with Crippen molar-refractivity contribution in [3.8, 4) is 5.69 Å². The molecule has 2 aliphatic rings. The largest absolute Gasteiger partial charge is 0.313 e. The summed E-state index contributed by atoms with van der Waals surface area (Å²) in [5, 5.41) is 5.62. The standard InChI is InChI=1S/C27H19NS/c1-27-16-22-25-19(26(27)29-23-13-6-5-11-20(23)27)15-14-17-8-7-12-21(24(17)25)28(22)18-9-3-2-4-10-18/h2-15H,16H2,1H3. The van der Waals surface area contributed by atoms with Crippen LogP contribution in [0.25, 0.3) is 32.3 Å². The van der Waals surface area contributed by atoms with Gasteiger partial charge >= 0.3 is 0 Å². The van der Waals surface area contributed by atoms with Gasteiger partial charge in [0.1, 0.15) is 0 Å². The van der Waals surface area contributed by atoms with Gasteiger partial charge in [-0.05, 0) is 40.4 Å². The fraction of sp³-hybridized carbons (Fsp3) is 0.111. The molecule has 0 saturated carbocycles. The third-order valence-corrected chi connectivity index (χ3v) is 8.25. The Morgan fingerprint density at radius 1 is 0.793 bits per heavy atom. The van der Waals surface area contributed by atoms with Crippen LogP contribution in [0.3, 0.4) is 0 Å². The number of para-hydroxylation sites is 1. The Kier molecular flexibility index (Phi) is 2.93. The van der Waals surface area contributed by atoms with Gasteiger partial charge in [0.15, 0.2) is 0 Å². The number of nitrogens with zero attached hydrogens (tertiary/aromatic N) is 1. The molecule has 7 rings (SSSR count). The molecule has 138 valence electrons. The highest BCUT2D eigenvalue weighted by Gasteiger charge is 2.44. The van der Waals surface area contributed by atoms with E-state index in [9.17, 15) is 0 Å². The number of benzene rings is 4. The van der Waals surface area contributed by atoms with Crippen molar-refractivity contribution in [2.45, 2.75) is 23.7 Å². The van der Waals surface area contributed by atoms with E-state index in [4.69, 9.17) is 0 Å². The van der Waals surface area contributed by atoms with Gasteiger partial charge in [0, 0.05) is 43.8 Å². The van der Waals surface area contributed by atoms with Gasteiger partial charge in [-0.3, -0.25) is 0 Å². The summed E-state index contributed by atoms with van der Waals surface area (Å²) in [5.41, 5.74) is 5.53. The van der Waals surface area contributed by atoms with Gasteiger partial charge in [-0.1, -0.05) is 79.3 Å². The Labute approximate surface area is 173 Å². The fourth-order valence-corrected chi connectivity index (χ4v) is 7.01. The molecule has 1 aliphatic carbocycles. The first-order valence-corrected chi connectivity index (χ1v) is 11.0. The van der Waals surface area contributed by atoms with E-state index in [-0.39, 0.29) is 5.41 Å². The van der Waals surface area contributed by atoms with Crippen molar-refractivity contribution in [2.24, 2.45) is 0 Å². The second-order valence-electron chi connectivity index (χ2n) is 8.42. The van der Waals surface area contributed by atoms with Crippen LogP contribution in [0.4, 0.5) is 0 Å². The third kappa shape index (κ3) is 1.88. The molecule has 5 aromatic rings. The van der Waals surface area contributed by atoms with Gasteiger partial charge in [0.25, 0.3) is 0 Å². The SMILES string of the molecule is CC12Cc3c4c(ccc5cccc(c54)n3-c3ccccc3)=C1Sc1ccccc12.